The van der Waals surface area contributed by atoms with E-state index >= 15 is 0 Å². The lowest BCUT2D eigenvalue weighted by Crippen LogP contribution is -1.92. The largest absolute Gasteiger partial charge is 0.256 e. The predicted molar refractivity (Wildman–Crippen MR) is 119 cm³/mol. The molecule has 0 fully saturated rings. The molecule has 30 heavy (non-hydrogen) atoms. The van der Waals surface area contributed by atoms with Gasteiger partial charge in [-0.2, -0.15) is 0 Å². The Morgan fingerprint density at radius 3 is 1.73 bits per heavy atom. The molecule has 0 radical (unpaired) electrons. The van der Waals surface area contributed by atoms with Gasteiger partial charge in [0.05, 0.1) is 5.52 Å². The first kappa shape index (κ1) is 17.0. The van der Waals surface area contributed by atoms with Crippen LogP contribution in [0, 0.1) is 11.6 Å². The minimum Gasteiger partial charge on any atom is -0.256 e. The van der Waals surface area contributed by atoms with Crippen molar-refractivity contribution in [2.24, 2.45) is 0 Å². The molecule has 0 bridgehead atoms. The van der Waals surface area contributed by atoms with Gasteiger partial charge >= 0.3 is 0 Å². The summed E-state index contributed by atoms with van der Waals surface area (Å²) in [5.41, 5.74) is 4.88. The summed E-state index contributed by atoms with van der Waals surface area (Å²) in [6.45, 7) is 0. The van der Waals surface area contributed by atoms with Crippen molar-refractivity contribution in [2.45, 2.75) is 0 Å². The third-order valence-electron chi connectivity index (χ3n) is 5.80. The summed E-state index contributed by atoms with van der Waals surface area (Å²) in [6.07, 6.45) is 1.81. The molecule has 5 aromatic carbocycles. The van der Waals surface area contributed by atoms with E-state index in [1.54, 1.807) is 12.1 Å². The fourth-order valence-corrected chi connectivity index (χ4v) is 4.45. The third kappa shape index (κ3) is 2.49. The van der Waals surface area contributed by atoms with E-state index in [2.05, 4.69) is 29.2 Å². The molecule has 0 unspecified atom stereocenters. The molecule has 142 valence electrons. The topological polar surface area (TPSA) is 12.9 Å². The zero-order valence-electron chi connectivity index (χ0n) is 15.9. The van der Waals surface area contributed by atoms with Crippen LogP contribution in [0.25, 0.3) is 54.7 Å². The highest BCUT2D eigenvalue weighted by Crippen LogP contribution is 2.43. The summed E-state index contributed by atoms with van der Waals surface area (Å²) >= 11 is 0. The van der Waals surface area contributed by atoms with Crippen LogP contribution in [-0.2, 0) is 0 Å². The van der Waals surface area contributed by atoms with Crippen molar-refractivity contribution >= 4 is 32.4 Å². The van der Waals surface area contributed by atoms with Crippen molar-refractivity contribution in [3.63, 3.8) is 0 Å². The van der Waals surface area contributed by atoms with E-state index in [0.717, 1.165) is 54.7 Å². The Morgan fingerprint density at radius 1 is 0.567 bits per heavy atom. The van der Waals surface area contributed by atoms with Crippen molar-refractivity contribution in [1.29, 1.82) is 0 Å². The van der Waals surface area contributed by atoms with Crippen molar-refractivity contribution in [1.82, 2.24) is 4.98 Å². The van der Waals surface area contributed by atoms with Crippen molar-refractivity contribution in [3.8, 4) is 22.3 Å². The van der Waals surface area contributed by atoms with Gasteiger partial charge in [0.15, 0.2) is 0 Å². The number of benzene rings is 5. The number of hydrogen-bond acceptors (Lipinski definition) is 1. The SMILES string of the molecule is Fc1ccc(-c2cc3ccnc4cc(-c5ccc(F)cc5)c5cccc2c5c34)cc1. The predicted octanol–water partition coefficient (Wildman–Crippen LogP) is 7.59. The van der Waals surface area contributed by atoms with E-state index < -0.39 is 0 Å². The lowest BCUT2D eigenvalue weighted by atomic mass is 9.87. The average Bonchev–Trinajstić information content (AvgIpc) is 2.78. The maximum Gasteiger partial charge on any atom is 0.123 e. The Morgan fingerprint density at radius 2 is 1.13 bits per heavy atom. The fraction of sp³-hybridized carbons (Fsp3) is 0. The van der Waals surface area contributed by atoms with Crippen LogP contribution < -0.4 is 0 Å². The molecule has 0 aliphatic carbocycles. The van der Waals surface area contributed by atoms with Gasteiger partial charge < -0.3 is 0 Å². The molecule has 6 aromatic rings. The number of rotatable bonds is 2. The number of halogens is 2. The van der Waals surface area contributed by atoms with Gasteiger partial charge in [0.1, 0.15) is 11.6 Å². The van der Waals surface area contributed by atoms with E-state index in [4.69, 9.17) is 0 Å². The second kappa shape index (κ2) is 6.33. The molecule has 0 atom stereocenters. The van der Waals surface area contributed by atoms with E-state index in [1.165, 1.54) is 24.3 Å². The minimum absolute atomic E-state index is 0.251. The van der Waals surface area contributed by atoms with Crippen LogP contribution in [0.5, 0.6) is 0 Å². The smallest absolute Gasteiger partial charge is 0.123 e. The quantitative estimate of drug-likeness (QED) is 0.277. The third-order valence-corrected chi connectivity index (χ3v) is 5.80. The molecule has 0 aliphatic rings. The highest BCUT2D eigenvalue weighted by atomic mass is 19.1. The monoisotopic (exact) mass is 391 g/mol. The van der Waals surface area contributed by atoms with Crippen molar-refractivity contribution in [2.75, 3.05) is 0 Å². The number of hydrogen-bond donors (Lipinski definition) is 0. The van der Waals surface area contributed by atoms with Crippen LogP contribution in [0.15, 0.2) is 91.1 Å². The highest BCUT2D eigenvalue weighted by Gasteiger charge is 2.17. The van der Waals surface area contributed by atoms with Crippen molar-refractivity contribution < 1.29 is 8.78 Å². The van der Waals surface area contributed by atoms with Crippen LogP contribution in [0.4, 0.5) is 8.78 Å². The van der Waals surface area contributed by atoms with E-state index in [-0.39, 0.29) is 11.6 Å². The normalized spacial score (nSPS) is 11.7. The van der Waals surface area contributed by atoms with Gasteiger partial charge in [-0.1, -0.05) is 42.5 Å². The van der Waals surface area contributed by atoms with Gasteiger partial charge in [-0.3, -0.25) is 4.98 Å². The second-order valence-corrected chi connectivity index (χ2v) is 7.52. The lowest BCUT2D eigenvalue weighted by molar-refractivity contribution is 0.627. The zero-order valence-corrected chi connectivity index (χ0v) is 15.9. The number of aromatic nitrogens is 1. The minimum atomic E-state index is -0.257. The molecule has 0 spiro atoms. The maximum absolute atomic E-state index is 13.5. The molecule has 3 heteroatoms. The van der Waals surface area contributed by atoms with Gasteiger partial charge in [0, 0.05) is 17.0 Å². The number of pyridine rings is 1. The highest BCUT2D eigenvalue weighted by molar-refractivity contribution is 6.28. The Balaban J connectivity index is 1.78. The summed E-state index contributed by atoms with van der Waals surface area (Å²) in [7, 11) is 0. The molecule has 1 nitrogen and oxygen atoms in total. The molecule has 0 saturated heterocycles. The van der Waals surface area contributed by atoms with E-state index in [1.807, 2.05) is 30.5 Å². The molecule has 0 aliphatic heterocycles. The molecule has 1 heterocycles. The van der Waals surface area contributed by atoms with Crippen LogP contribution in [-0.4, -0.2) is 4.98 Å². The first-order chi connectivity index (χ1) is 14.7. The van der Waals surface area contributed by atoms with Crippen molar-refractivity contribution in [3.05, 3.63) is 103 Å². The molecule has 0 N–H and O–H groups in total. The molecule has 1 aromatic heterocycles. The molecule has 6 rings (SSSR count). The maximum atomic E-state index is 13.5. The van der Waals surface area contributed by atoms with Crippen LogP contribution in [0.3, 0.4) is 0 Å². The summed E-state index contributed by atoms with van der Waals surface area (Å²) in [4.78, 5) is 4.63. The van der Waals surface area contributed by atoms with Gasteiger partial charge in [-0.05, 0) is 80.9 Å². The number of nitrogens with zero attached hydrogens (tertiary/aromatic N) is 1. The first-order valence-electron chi connectivity index (χ1n) is 9.77. The second-order valence-electron chi connectivity index (χ2n) is 7.52. The zero-order chi connectivity index (χ0) is 20.2. The fourth-order valence-electron chi connectivity index (χ4n) is 4.45. The first-order valence-corrected chi connectivity index (χ1v) is 9.77. The summed E-state index contributed by atoms with van der Waals surface area (Å²) in [5, 5.41) is 5.51. The van der Waals surface area contributed by atoms with Gasteiger partial charge in [0.25, 0.3) is 0 Å². The molecular formula is C27H15F2N. The summed E-state index contributed by atoms with van der Waals surface area (Å²) in [6, 6.07) is 25.6. The van der Waals surface area contributed by atoms with Crippen LogP contribution in [0.2, 0.25) is 0 Å². The molecule has 0 amide bonds. The van der Waals surface area contributed by atoms with E-state index in [9.17, 15) is 8.78 Å². The standard InChI is InChI=1S/C27H15F2N/c28-19-8-4-16(5-9-19)23-14-18-12-13-30-25-15-24(17-6-10-20(29)11-7-17)22-3-1-2-21(23)27(22)26(18)25/h1-15H. The van der Waals surface area contributed by atoms with Gasteiger partial charge in [0.2, 0.25) is 0 Å². The van der Waals surface area contributed by atoms with Gasteiger partial charge in [-0.25, -0.2) is 8.78 Å². The van der Waals surface area contributed by atoms with E-state index in [0.29, 0.717) is 0 Å². The van der Waals surface area contributed by atoms with Crippen LogP contribution >= 0.6 is 0 Å². The van der Waals surface area contributed by atoms with Crippen LogP contribution in [0.1, 0.15) is 0 Å². The Bertz CT molecular complexity index is 1420. The molecule has 0 saturated carbocycles. The Kier molecular flexibility index (Phi) is 3.59. The van der Waals surface area contributed by atoms with Gasteiger partial charge in [-0.15, -0.1) is 0 Å². The Labute approximate surface area is 171 Å². The lowest BCUT2D eigenvalue weighted by Gasteiger charge is -2.17. The summed E-state index contributed by atoms with van der Waals surface area (Å²) in [5.74, 6) is -0.508. The summed E-state index contributed by atoms with van der Waals surface area (Å²) < 4.78 is 27.0. The Hall–Kier alpha value is -3.85. The average molecular weight is 391 g/mol. The molecular weight excluding hydrogens is 376 g/mol.